The van der Waals surface area contributed by atoms with E-state index in [-0.39, 0.29) is 0 Å². The predicted molar refractivity (Wildman–Crippen MR) is 59.2 cm³/mol. The number of aryl methyl sites for hydroxylation is 1. The van der Waals surface area contributed by atoms with E-state index < -0.39 is 0 Å². The first kappa shape index (κ1) is 11.7. The molecular weight excluding hydrogens is 188 g/mol. The van der Waals surface area contributed by atoms with Crippen LogP contribution >= 0.6 is 0 Å². The first-order chi connectivity index (χ1) is 7.24. The van der Waals surface area contributed by atoms with Gasteiger partial charge in [-0.25, -0.2) is 4.98 Å². The minimum Gasteiger partial charge on any atom is -0.337 e. The van der Waals surface area contributed by atoms with Gasteiger partial charge in [0.05, 0.1) is 18.8 Å². The Labute approximate surface area is 91.1 Å². The third-order valence-corrected chi connectivity index (χ3v) is 2.63. The topological polar surface area (TPSA) is 44.9 Å². The van der Waals surface area contributed by atoms with Crippen molar-refractivity contribution >= 4 is 0 Å². The SMILES string of the molecule is CC(CC#N)N(C)CCCn1ccnc1. The molecule has 4 nitrogen and oxygen atoms in total. The zero-order chi connectivity index (χ0) is 11.1. The summed E-state index contributed by atoms with van der Waals surface area (Å²) in [5, 5.41) is 8.57. The second kappa shape index (κ2) is 6.20. The van der Waals surface area contributed by atoms with Gasteiger partial charge in [-0.3, -0.25) is 0 Å². The molecule has 1 rings (SSSR count). The molecule has 0 fully saturated rings. The molecular formula is C11H18N4. The van der Waals surface area contributed by atoms with Gasteiger partial charge in [-0.1, -0.05) is 0 Å². The first-order valence-electron chi connectivity index (χ1n) is 5.27. The Hall–Kier alpha value is -1.34. The van der Waals surface area contributed by atoms with E-state index in [2.05, 4.69) is 34.5 Å². The summed E-state index contributed by atoms with van der Waals surface area (Å²) in [6, 6.07) is 2.54. The lowest BCUT2D eigenvalue weighted by Gasteiger charge is -2.22. The van der Waals surface area contributed by atoms with Gasteiger partial charge in [-0.05, 0) is 26.9 Å². The molecule has 0 aliphatic carbocycles. The van der Waals surface area contributed by atoms with Gasteiger partial charge in [-0.2, -0.15) is 5.26 Å². The van der Waals surface area contributed by atoms with Crippen molar-refractivity contribution in [2.45, 2.75) is 32.4 Å². The molecule has 4 heteroatoms. The van der Waals surface area contributed by atoms with Crippen LogP contribution in [0.4, 0.5) is 0 Å². The Morgan fingerprint density at radius 2 is 2.40 bits per heavy atom. The Balaban J connectivity index is 2.17. The Kier molecular flexibility index (Phi) is 4.85. The molecule has 1 heterocycles. The van der Waals surface area contributed by atoms with E-state index in [1.807, 2.05) is 12.5 Å². The van der Waals surface area contributed by atoms with Crippen LogP contribution in [0.25, 0.3) is 0 Å². The molecule has 0 saturated carbocycles. The molecule has 82 valence electrons. The van der Waals surface area contributed by atoms with Crippen molar-refractivity contribution in [1.82, 2.24) is 14.5 Å². The van der Waals surface area contributed by atoms with E-state index in [9.17, 15) is 0 Å². The van der Waals surface area contributed by atoms with Gasteiger partial charge in [0, 0.05) is 25.0 Å². The fourth-order valence-electron chi connectivity index (χ4n) is 1.43. The number of nitrogens with zero attached hydrogens (tertiary/aromatic N) is 4. The van der Waals surface area contributed by atoms with Crippen LogP contribution in [0.15, 0.2) is 18.7 Å². The van der Waals surface area contributed by atoms with Crippen LogP contribution < -0.4 is 0 Å². The highest BCUT2D eigenvalue weighted by Crippen LogP contribution is 2.01. The molecule has 0 radical (unpaired) electrons. The lowest BCUT2D eigenvalue weighted by atomic mass is 10.2. The number of nitriles is 1. The number of rotatable bonds is 6. The maximum Gasteiger partial charge on any atom is 0.0945 e. The smallest absolute Gasteiger partial charge is 0.0945 e. The largest absolute Gasteiger partial charge is 0.337 e. The summed E-state index contributed by atoms with van der Waals surface area (Å²) in [5.41, 5.74) is 0. The van der Waals surface area contributed by atoms with Crippen LogP contribution in [-0.2, 0) is 6.54 Å². The van der Waals surface area contributed by atoms with E-state index in [1.54, 1.807) is 6.20 Å². The van der Waals surface area contributed by atoms with Crippen molar-refractivity contribution in [3.05, 3.63) is 18.7 Å². The first-order valence-corrected chi connectivity index (χ1v) is 5.27. The number of aromatic nitrogens is 2. The number of imidazole rings is 1. The summed E-state index contributed by atoms with van der Waals surface area (Å²) in [7, 11) is 2.07. The van der Waals surface area contributed by atoms with Crippen LogP contribution in [0.3, 0.4) is 0 Å². The number of hydrogen-bond acceptors (Lipinski definition) is 3. The third-order valence-electron chi connectivity index (χ3n) is 2.63. The molecule has 0 aliphatic heterocycles. The van der Waals surface area contributed by atoms with Gasteiger partial charge in [-0.15, -0.1) is 0 Å². The van der Waals surface area contributed by atoms with Crippen LogP contribution in [-0.4, -0.2) is 34.1 Å². The molecule has 1 aromatic heterocycles. The van der Waals surface area contributed by atoms with Gasteiger partial charge in [0.25, 0.3) is 0 Å². The van der Waals surface area contributed by atoms with E-state index in [0.29, 0.717) is 12.5 Å². The summed E-state index contributed by atoms with van der Waals surface area (Å²) in [4.78, 5) is 6.21. The molecule has 1 unspecified atom stereocenters. The van der Waals surface area contributed by atoms with Gasteiger partial charge >= 0.3 is 0 Å². The molecule has 0 aromatic carbocycles. The molecule has 15 heavy (non-hydrogen) atoms. The second-order valence-corrected chi connectivity index (χ2v) is 3.85. The average Bonchev–Trinajstić information content (AvgIpc) is 2.71. The minimum atomic E-state index is 0.345. The molecule has 0 amide bonds. The van der Waals surface area contributed by atoms with Gasteiger partial charge < -0.3 is 9.47 Å². The van der Waals surface area contributed by atoms with E-state index in [0.717, 1.165) is 19.5 Å². The van der Waals surface area contributed by atoms with E-state index in [1.165, 1.54) is 0 Å². The molecule has 0 bridgehead atoms. The van der Waals surface area contributed by atoms with Crippen molar-refractivity contribution < 1.29 is 0 Å². The van der Waals surface area contributed by atoms with Crippen LogP contribution in [0.2, 0.25) is 0 Å². The molecule has 0 saturated heterocycles. The fraction of sp³-hybridized carbons (Fsp3) is 0.636. The van der Waals surface area contributed by atoms with Crippen molar-refractivity contribution in [1.29, 1.82) is 5.26 Å². The number of hydrogen-bond donors (Lipinski definition) is 0. The second-order valence-electron chi connectivity index (χ2n) is 3.85. The maximum absolute atomic E-state index is 8.57. The standard InChI is InChI=1S/C11H18N4/c1-11(4-5-12)14(2)7-3-8-15-9-6-13-10-15/h6,9-11H,3-4,7-8H2,1-2H3. The highest BCUT2D eigenvalue weighted by molar-refractivity contribution is 4.78. The fourth-order valence-corrected chi connectivity index (χ4v) is 1.43. The van der Waals surface area contributed by atoms with Crippen molar-refractivity contribution in [2.24, 2.45) is 0 Å². The lowest BCUT2D eigenvalue weighted by molar-refractivity contribution is 0.253. The highest BCUT2D eigenvalue weighted by atomic mass is 15.1. The molecule has 0 aliphatic rings. The zero-order valence-electron chi connectivity index (χ0n) is 9.43. The molecule has 0 spiro atoms. The van der Waals surface area contributed by atoms with Gasteiger partial charge in [0.2, 0.25) is 0 Å². The average molecular weight is 206 g/mol. The molecule has 1 atom stereocenters. The normalized spacial score (nSPS) is 12.7. The highest BCUT2D eigenvalue weighted by Gasteiger charge is 2.07. The Morgan fingerprint density at radius 3 is 3.00 bits per heavy atom. The summed E-state index contributed by atoms with van der Waals surface area (Å²) in [6.45, 7) is 4.09. The Bertz CT molecular complexity index is 299. The van der Waals surface area contributed by atoms with Crippen molar-refractivity contribution in [2.75, 3.05) is 13.6 Å². The molecule has 1 aromatic rings. The van der Waals surface area contributed by atoms with E-state index in [4.69, 9.17) is 5.26 Å². The summed E-state index contributed by atoms with van der Waals surface area (Å²) < 4.78 is 2.07. The molecule has 0 N–H and O–H groups in total. The van der Waals surface area contributed by atoms with Gasteiger partial charge in [0.1, 0.15) is 0 Å². The van der Waals surface area contributed by atoms with Crippen molar-refractivity contribution in [3.63, 3.8) is 0 Å². The van der Waals surface area contributed by atoms with Crippen molar-refractivity contribution in [3.8, 4) is 6.07 Å². The summed E-state index contributed by atoms with van der Waals surface area (Å²) in [5.74, 6) is 0. The van der Waals surface area contributed by atoms with E-state index >= 15 is 0 Å². The predicted octanol–water partition coefficient (Wildman–Crippen LogP) is 1.51. The van der Waals surface area contributed by atoms with Crippen LogP contribution in [0.5, 0.6) is 0 Å². The minimum absolute atomic E-state index is 0.345. The Morgan fingerprint density at radius 1 is 1.60 bits per heavy atom. The summed E-state index contributed by atoms with van der Waals surface area (Å²) >= 11 is 0. The monoisotopic (exact) mass is 206 g/mol. The van der Waals surface area contributed by atoms with Gasteiger partial charge in [0.15, 0.2) is 0 Å². The zero-order valence-corrected chi connectivity index (χ0v) is 9.43. The van der Waals surface area contributed by atoms with Crippen LogP contribution in [0.1, 0.15) is 19.8 Å². The summed E-state index contributed by atoms with van der Waals surface area (Å²) in [6.07, 6.45) is 7.28. The quantitative estimate of drug-likeness (QED) is 0.708. The lowest BCUT2D eigenvalue weighted by Crippen LogP contribution is -2.30. The van der Waals surface area contributed by atoms with Crippen LogP contribution in [0, 0.1) is 11.3 Å². The maximum atomic E-state index is 8.57. The third kappa shape index (κ3) is 4.13.